The molecule has 0 unspecified atom stereocenters. The van der Waals surface area contributed by atoms with Gasteiger partial charge in [-0.2, -0.15) is 0 Å². The fourth-order valence-corrected chi connectivity index (χ4v) is 6.57. The van der Waals surface area contributed by atoms with E-state index >= 15 is 0 Å². The van der Waals surface area contributed by atoms with Gasteiger partial charge in [0.15, 0.2) is 0 Å². The molecule has 4 heteroatoms. The third kappa shape index (κ3) is 3.62. The Morgan fingerprint density at radius 3 is 1.30 bits per heavy atom. The van der Waals surface area contributed by atoms with Crippen molar-refractivity contribution in [2.75, 3.05) is 0 Å². The van der Waals surface area contributed by atoms with E-state index < -0.39 is 0 Å². The summed E-state index contributed by atoms with van der Waals surface area (Å²) in [6.45, 7) is 0. The molecule has 2 aliphatic rings. The van der Waals surface area contributed by atoms with Crippen molar-refractivity contribution < 1.29 is 53.5 Å². The summed E-state index contributed by atoms with van der Waals surface area (Å²) in [5, 5.41) is 0. The number of rotatable bonds is 2. The molecule has 30 heavy (non-hydrogen) atoms. The van der Waals surface area contributed by atoms with E-state index in [0.717, 1.165) is 12.8 Å². The van der Waals surface area contributed by atoms with Crippen LogP contribution in [0.4, 0.5) is 0 Å². The van der Waals surface area contributed by atoms with Gasteiger partial charge in [0.05, 0.1) is 0 Å². The van der Waals surface area contributed by atoms with E-state index in [-0.39, 0.29) is 53.5 Å². The second-order valence-corrected chi connectivity index (χ2v) is 9.24. The van der Waals surface area contributed by atoms with Crippen molar-refractivity contribution in [3.8, 4) is 22.3 Å². The Bertz CT molecular complexity index is 1120. The van der Waals surface area contributed by atoms with Gasteiger partial charge < -0.3 is 37.2 Å². The van der Waals surface area contributed by atoms with Crippen molar-refractivity contribution in [3.63, 3.8) is 0 Å². The molecule has 4 aromatic rings. The molecule has 0 saturated carbocycles. The number of benzene rings is 4. The summed E-state index contributed by atoms with van der Waals surface area (Å²) in [6.07, 6.45) is 2.18. The minimum absolute atomic E-state index is 0. The monoisotopic (exact) mass is 486 g/mol. The van der Waals surface area contributed by atoms with E-state index in [1.54, 1.807) is 19.7 Å². The predicted octanol–water partition coefficient (Wildman–Crippen LogP) is -4.13. The molecule has 0 aromatic heterocycles. The third-order valence-corrected chi connectivity index (χ3v) is 7.95. The van der Waals surface area contributed by atoms with Crippen LogP contribution in [0.5, 0.6) is 0 Å². The minimum atomic E-state index is -0.00992. The normalized spacial score (nSPS) is 11.5. The van der Waals surface area contributed by atoms with Crippen LogP contribution in [0.1, 0.15) is 22.3 Å². The van der Waals surface area contributed by atoms with Crippen LogP contribution in [0.25, 0.3) is 22.3 Å². The van der Waals surface area contributed by atoms with Crippen molar-refractivity contribution in [2.24, 2.45) is 0 Å². The van der Waals surface area contributed by atoms with E-state index in [2.05, 4.69) is 84.9 Å². The number of hydrogen-bond acceptors (Lipinski definition) is 0. The summed E-state index contributed by atoms with van der Waals surface area (Å²) in [6, 6.07) is 31.6. The Kier molecular flexibility index (Phi) is 7.07. The van der Waals surface area contributed by atoms with Gasteiger partial charge in [0, 0.05) is 0 Å². The van der Waals surface area contributed by atoms with Gasteiger partial charge in [-0.15, -0.1) is 0 Å². The second-order valence-electron chi connectivity index (χ2n) is 7.39. The molecule has 0 N–H and O–H groups in total. The van der Waals surface area contributed by atoms with Crippen LogP contribution >= 0.6 is 0 Å². The summed E-state index contributed by atoms with van der Waals surface area (Å²) in [5.41, 5.74) is 11.9. The molecule has 2 aliphatic carbocycles. The summed E-state index contributed by atoms with van der Waals surface area (Å²) in [4.78, 5) is 0. The van der Waals surface area contributed by atoms with Crippen molar-refractivity contribution in [1.29, 1.82) is 0 Å². The van der Waals surface area contributed by atoms with E-state index in [4.69, 9.17) is 0 Å². The van der Waals surface area contributed by atoms with Crippen LogP contribution < -0.4 is 45.8 Å². The molecule has 0 atom stereocenters. The van der Waals surface area contributed by atoms with Gasteiger partial charge in [-0.25, -0.2) is 0 Å². The number of halogens is 3. The first kappa shape index (κ1) is 23.0. The van der Waals surface area contributed by atoms with Gasteiger partial charge in [0.1, 0.15) is 0 Å². The second kappa shape index (κ2) is 9.22. The van der Waals surface area contributed by atoms with E-state index in [0.29, 0.717) is 0 Å². The van der Waals surface area contributed by atoms with Crippen molar-refractivity contribution in [1.82, 2.24) is 0 Å². The first-order chi connectivity index (χ1) is 13.4. The summed E-state index contributed by atoms with van der Waals surface area (Å²) in [7, 11) is 0. The third-order valence-electron chi connectivity index (χ3n) is 5.89. The molecule has 0 fully saturated rings. The molecule has 0 amide bonds. The maximum atomic E-state index is 2.37. The van der Waals surface area contributed by atoms with E-state index in [1.807, 2.05) is 0 Å². The predicted molar refractivity (Wildman–Crippen MR) is 109 cm³/mol. The van der Waals surface area contributed by atoms with Crippen LogP contribution in [0, 0.1) is 0 Å². The molecular weight excluding hydrogens is 470 g/mol. The molecule has 4 aromatic carbocycles. The quantitative estimate of drug-likeness (QED) is 0.233. The van der Waals surface area contributed by atoms with Crippen molar-refractivity contribution in [3.05, 3.63) is 107 Å². The Balaban J connectivity index is 0.000000853. The zero-order chi connectivity index (χ0) is 17.8. The fraction of sp³-hybridized carbons (Fsp3) is 0.0769. The van der Waals surface area contributed by atoms with Crippen LogP contribution in [0.3, 0.4) is 0 Å². The molecule has 0 bridgehead atoms. The molecule has 6 rings (SSSR count). The van der Waals surface area contributed by atoms with Gasteiger partial charge in [-0.05, 0) is 0 Å². The zero-order valence-corrected chi connectivity index (χ0v) is 19.7. The molecule has 0 radical (unpaired) electrons. The fourth-order valence-electron chi connectivity index (χ4n) is 4.62. The zero-order valence-electron chi connectivity index (χ0n) is 16.1. The number of hydrogen-bond donors (Lipinski definition) is 0. The molecular formula is C26H18Cl3V. The van der Waals surface area contributed by atoms with Crippen molar-refractivity contribution in [2.45, 2.75) is 12.8 Å². The molecule has 0 spiro atoms. The molecule has 0 heterocycles. The standard InChI is InChI=1S/2C13H9.3ClH.V/c2*1-3-7-12-10(5-1)9-11-6-2-4-8-13(11)12;;;;/h2*1-5,7-8H,9H2;3*1H;/q;;;;;+3/p-3. The summed E-state index contributed by atoms with van der Waals surface area (Å²) < 4.78 is 3.15. The SMILES string of the molecule is [Cl-].[Cl-].[Cl-].c1ccc2c(c1)Cc1[c]([V+3][c]3cccc4c3Cc3ccccc3-4)cccc1-2. The molecule has 0 nitrogen and oxygen atoms in total. The van der Waals surface area contributed by atoms with Gasteiger partial charge >= 0.3 is 167 Å². The summed E-state index contributed by atoms with van der Waals surface area (Å²) >= 11 is -0.00992. The van der Waals surface area contributed by atoms with Gasteiger partial charge in [-0.1, -0.05) is 0 Å². The first-order valence-corrected chi connectivity index (χ1v) is 10.9. The van der Waals surface area contributed by atoms with Crippen LogP contribution in [0.15, 0.2) is 84.9 Å². The molecule has 148 valence electrons. The van der Waals surface area contributed by atoms with Crippen molar-refractivity contribution >= 4 is 8.55 Å². The van der Waals surface area contributed by atoms with Gasteiger partial charge in [0.25, 0.3) is 0 Å². The van der Waals surface area contributed by atoms with Crippen LogP contribution in [-0.2, 0) is 29.1 Å². The average molecular weight is 488 g/mol. The van der Waals surface area contributed by atoms with Crippen LogP contribution in [0.2, 0.25) is 0 Å². The Morgan fingerprint density at radius 1 is 0.433 bits per heavy atom. The van der Waals surface area contributed by atoms with E-state index in [1.165, 1.54) is 33.4 Å². The summed E-state index contributed by atoms with van der Waals surface area (Å²) in [5.74, 6) is 0. The van der Waals surface area contributed by atoms with E-state index in [9.17, 15) is 0 Å². The van der Waals surface area contributed by atoms with Gasteiger partial charge in [-0.3, -0.25) is 0 Å². The molecule has 0 saturated heterocycles. The average Bonchev–Trinajstić information content (AvgIpc) is 3.28. The number of fused-ring (bicyclic) bond motifs is 6. The van der Waals surface area contributed by atoms with Gasteiger partial charge in [0.2, 0.25) is 0 Å². The maximum absolute atomic E-state index is 2.37. The first-order valence-electron chi connectivity index (χ1n) is 9.50. The topological polar surface area (TPSA) is 0 Å². The van der Waals surface area contributed by atoms with Crippen LogP contribution in [-0.4, -0.2) is 0 Å². The Labute approximate surface area is 203 Å². The Morgan fingerprint density at radius 2 is 0.833 bits per heavy atom. The Hall–Kier alpha value is -1.67. The molecule has 0 aliphatic heterocycles.